The van der Waals surface area contributed by atoms with Gasteiger partial charge in [0, 0.05) is 107 Å². The zero-order valence-electron chi connectivity index (χ0n) is 76.1. The van der Waals surface area contributed by atoms with E-state index in [2.05, 4.69) is 32.2 Å². The van der Waals surface area contributed by atoms with Crippen LogP contribution >= 0.6 is 15.4 Å². The summed E-state index contributed by atoms with van der Waals surface area (Å²) in [5, 5.41) is 107. The number of phosphoric ester groups is 1. The second-order valence-corrected chi connectivity index (χ2v) is 39.6. The highest BCUT2D eigenvalue weighted by atomic mass is 31.2. The number of aliphatic hydroxyl groups is 10. The minimum atomic E-state index is -5.41. The second-order valence-electron chi connectivity index (χ2n) is 35.9. The molecule has 12 N–H and O–H groups in total. The number of Topliss-reactive ketones (excluding diaryl/α,β-unsaturated/α-hetero) is 4. The number of unbranched alkanes of at least 4 members (excludes halogenated alkanes) is 10. The number of rotatable bonds is 66. The van der Waals surface area contributed by atoms with Crippen LogP contribution in [0.4, 0.5) is 0 Å². The molecule has 0 radical (unpaired) electrons. The molecular formula is C88H147N7O32P2-2. The van der Waals surface area contributed by atoms with E-state index in [-0.39, 0.29) is 151 Å². The maximum absolute atomic E-state index is 14.6. The van der Waals surface area contributed by atoms with Crippen molar-refractivity contribution in [2.45, 2.75) is 362 Å². The first kappa shape index (κ1) is 111. The molecule has 5 fully saturated rings. The highest BCUT2D eigenvalue weighted by molar-refractivity contribution is 7.52. The molecule has 0 aliphatic carbocycles. The molecule has 0 aromatic carbocycles. The molecule has 0 bridgehead atoms. The summed E-state index contributed by atoms with van der Waals surface area (Å²) in [6.45, 7) is 9.74. The summed E-state index contributed by atoms with van der Waals surface area (Å²) in [7, 11) is -9.88. The molecule has 5 aliphatic rings. The van der Waals surface area contributed by atoms with Gasteiger partial charge in [0.15, 0.2) is 11.9 Å². The van der Waals surface area contributed by atoms with Gasteiger partial charge in [-0.1, -0.05) is 85.3 Å². The Balaban J connectivity index is 0.953. The van der Waals surface area contributed by atoms with E-state index in [0.717, 1.165) is 68.3 Å². The van der Waals surface area contributed by atoms with Gasteiger partial charge in [0.25, 0.3) is 7.82 Å². The zero-order chi connectivity index (χ0) is 94.4. The lowest BCUT2D eigenvalue weighted by Crippen LogP contribution is -2.59. The summed E-state index contributed by atoms with van der Waals surface area (Å²) in [6.07, 6.45) is 0.537. The fourth-order valence-corrected chi connectivity index (χ4v) is 18.3. The van der Waals surface area contributed by atoms with Crippen LogP contribution in [-0.4, -0.2) is 318 Å². The van der Waals surface area contributed by atoms with Gasteiger partial charge in [0.2, 0.25) is 17.7 Å². The Morgan fingerprint density at radius 1 is 0.543 bits per heavy atom. The Morgan fingerprint density at radius 3 is 1.55 bits per heavy atom. The number of aliphatic hydroxyl groups excluding tert-OH is 10. The quantitative estimate of drug-likeness (QED) is 0.0192. The molecule has 7 rings (SSSR count). The van der Waals surface area contributed by atoms with Gasteiger partial charge in [0.1, 0.15) is 103 Å². The number of imidazole rings is 1. The maximum Gasteiger partial charge on any atom is 0.268 e. The van der Waals surface area contributed by atoms with Gasteiger partial charge in [-0.25, -0.2) is 15.0 Å². The van der Waals surface area contributed by atoms with Crippen molar-refractivity contribution in [2.75, 3.05) is 92.4 Å². The van der Waals surface area contributed by atoms with Gasteiger partial charge < -0.3 is 132 Å². The Morgan fingerprint density at radius 2 is 1.02 bits per heavy atom. The van der Waals surface area contributed by atoms with Gasteiger partial charge in [-0.05, 0) is 103 Å². The van der Waals surface area contributed by atoms with Gasteiger partial charge in [-0.15, -0.1) is 0 Å². The fraction of sp³-hybridized carbons (Fsp3) is 0.841. The lowest BCUT2D eigenvalue weighted by Gasteiger charge is -2.41. The maximum atomic E-state index is 14.6. The number of allylic oxidation sites excluding steroid dienone is 1. The first-order valence-corrected chi connectivity index (χ1v) is 49.5. The molecular weight excluding hydrogens is 1730 g/mol. The Labute approximate surface area is 757 Å². The molecule has 3 amide bonds. The van der Waals surface area contributed by atoms with Gasteiger partial charge in [-0.2, -0.15) is 0 Å². The second kappa shape index (κ2) is 57.1. The number of likely N-dealkylation sites (tertiary alicyclic amines) is 1. The molecule has 7 heterocycles. The average molecular weight is 1880 g/mol. The topological polar surface area (TPSA) is 574 Å². The van der Waals surface area contributed by atoms with Gasteiger partial charge >= 0.3 is 0 Å². The van der Waals surface area contributed by atoms with Crippen molar-refractivity contribution in [3.05, 3.63) is 30.5 Å². The number of carbonyl (C=O) groups is 7. The molecule has 5 aliphatic heterocycles. The van der Waals surface area contributed by atoms with E-state index in [1.165, 1.54) is 31.1 Å². The van der Waals surface area contributed by atoms with Crippen LogP contribution in [0.5, 0.6) is 0 Å². The van der Waals surface area contributed by atoms with Crippen molar-refractivity contribution in [1.29, 1.82) is 0 Å². The fourth-order valence-electron chi connectivity index (χ4n) is 16.7. The number of nitrogens with one attached hydrogen (secondary N) is 2. The number of β-amino-alcohol motifs (C(OH)–C–C–N with tert-alkyl or cyclic N) is 1. The van der Waals surface area contributed by atoms with Crippen molar-refractivity contribution in [3.63, 3.8) is 0 Å². The van der Waals surface area contributed by atoms with E-state index < -0.39 is 195 Å². The molecule has 41 heteroatoms. The summed E-state index contributed by atoms with van der Waals surface area (Å²) >= 11 is 0. The predicted octanol–water partition coefficient (Wildman–Crippen LogP) is 4.12. The molecule has 9 unspecified atom stereocenters. The van der Waals surface area contributed by atoms with E-state index in [4.69, 9.17) is 51.5 Å². The third-order valence-electron chi connectivity index (χ3n) is 25.0. The van der Waals surface area contributed by atoms with Crippen LogP contribution in [0, 0.1) is 24.7 Å². The van der Waals surface area contributed by atoms with E-state index in [9.17, 15) is 104 Å². The third kappa shape index (κ3) is 37.2. The minimum absolute atomic E-state index is 0.0155. The normalized spacial score (nSPS) is 28.1. The monoisotopic (exact) mass is 1880 g/mol. The van der Waals surface area contributed by atoms with E-state index in [1.54, 1.807) is 20.8 Å². The number of aryl methyl sites for hydroxylation is 1. The molecule has 2 aromatic rings. The lowest BCUT2D eigenvalue weighted by molar-refractivity contribution is -0.282. The number of ether oxygens (including phenoxy) is 8. The lowest BCUT2D eigenvalue weighted by atomic mass is 9.86. The number of hydrogen-bond acceptors (Lipinski definition) is 35. The van der Waals surface area contributed by atoms with Gasteiger partial charge in [-0.3, -0.25) is 42.7 Å². The molecule has 2 aromatic heterocycles. The number of aromatic nitrogens is 4. The van der Waals surface area contributed by atoms with Crippen molar-refractivity contribution in [3.8, 4) is 0 Å². The molecule has 39 nitrogen and oxygen atoms in total. The largest absolute Gasteiger partial charge is 0.778 e. The summed E-state index contributed by atoms with van der Waals surface area (Å²) in [5.41, 5.74) is -0.239. The number of phosphoric acid groups is 1. The number of ketones is 4. The van der Waals surface area contributed by atoms with Crippen molar-refractivity contribution in [2.24, 2.45) is 17.8 Å². The van der Waals surface area contributed by atoms with E-state index in [1.807, 2.05) is 6.92 Å². The SMILES string of the molecule is C=C(CCCCCC(=O)CCOCC(COCCC(=O)CCCCCC(=O)CCCCC[C@@H]1OC(CO)[C@H](O)[C@H](O)C1C)(COCCC(=O)NCCCCC(=O)CCCCO[C@@H]1OC(CO)[C@H](O)[C@H](O)C1C)NC(=O)CC(=O)N1C[C@@H](O)C[C@@H]1COP(=O)([O-])O[C@H]1C[C@H](n2cnc3c(C)ncnc32)O[C@@H]1COP(=O)([O-])C(C)C)CCCCC[C@@H]1OC(CO)[C@H](O)[C@H](O)C1C. The van der Waals surface area contributed by atoms with Crippen LogP contribution in [-0.2, 0) is 94.2 Å². The molecule has 5 saturated heterocycles. The Kier molecular flexibility index (Phi) is 49.1. The smallest absolute Gasteiger partial charge is 0.268 e. The molecule has 738 valence electrons. The number of carbonyl (C=O) groups excluding carboxylic acids is 7. The summed E-state index contributed by atoms with van der Waals surface area (Å²) in [5.74, 6) is -3.50. The van der Waals surface area contributed by atoms with Crippen LogP contribution < -0.4 is 20.4 Å². The van der Waals surface area contributed by atoms with Crippen LogP contribution in [0.15, 0.2) is 24.8 Å². The first-order chi connectivity index (χ1) is 61.5. The number of fused-ring (bicyclic) bond motifs is 1. The standard InChI is InChI=1S/C88H149N7O32P2/c1-56(2)128(113,114)121-50-74-70(43-78(125-74)95-55-92-79-61(7)90-54-91-86(79)95)127-129(115,116)122-49-62-42-67(103)45-94(62)77(106)44-76(105)93-88(51-117-39-34-65(101)28-14-8-12-24-57(3)25-13-9-18-32-68-58(4)80(107)83(110)71(46-96)123-68,52-118-40-35-66(102)29-16-10-15-26-63(99)27-17-11-19-33-69-59(5)81(108)84(111)72(47-97)124-69)53-119-41-36-75(104)89-37-22-20-30-64(100)31-21-23-38-120-87-60(6)82(109)85(112)73(48-98)126-87/h54-56,58-60,62,67-74,78,80-85,87,96-98,103,107-112H,3,8-53H2,1-2,4-7H3,(H,89,104)(H,93,105)(H,113,114)(H,115,116)/p-2/t58?,59?,60?,62-,67+,68+,69+,70+,71?,72?,73?,74-,78-,80-,81-,82-,83+,84+,85+,87-,88?/m1/s1. The van der Waals surface area contributed by atoms with Crippen LogP contribution in [0.2, 0.25) is 0 Å². The highest BCUT2D eigenvalue weighted by Crippen LogP contribution is 2.49. The molecule has 129 heavy (non-hydrogen) atoms. The van der Waals surface area contributed by atoms with Crippen LogP contribution in [0.3, 0.4) is 0 Å². The van der Waals surface area contributed by atoms with Crippen molar-refractivity contribution >= 4 is 67.4 Å². The minimum Gasteiger partial charge on any atom is -0.778 e. The first-order valence-electron chi connectivity index (χ1n) is 46.4. The molecule has 0 saturated carbocycles. The summed E-state index contributed by atoms with van der Waals surface area (Å²) in [6, 6.07) is -1.15. The zero-order valence-corrected chi connectivity index (χ0v) is 77.9. The van der Waals surface area contributed by atoms with E-state index >= 15 is 0 Å². The van der Waals surface area contributed by atoms with Gasteiger partial charge in [0.05, 0.1) is 133 Å². The number of amides is 3. The average Bonchev–Trinajstić information content (AvgIpc) is 1.64. The number of nitrogens with zero attached hydrogens (tertiary/aromatic N) is 5. The summed E-state index contributed by atoms with van der Waals surface area (Å²) < 4.78 is 92.3. The molecule has 23 atom stereocenters. The Bertz CT molecular complexity index is 3610. The van der Waals surface area contributed by atoms with Crippen LogP contribution in [0.25, 0.3) is 11.2 Å². The predicted molar refractivity (Wildman–Crippen MR) is 463 cm³/mol. The third-order valence-corrected chi connectivity index (χ3v) is 27.8. The Hall–Kier alpha value is -5.08. The van der Waals surface area contributed by atoms with E-state index in [0.29, 0.717) is 100 Å². The number of hydrogen-bond donors (Lipinski definition) is 12. The summed E-state index contributed by atoms with van der Waals surface area (Å²) in [4.78, 5) is 136. The van der Waals surface area contributed by atoms with Crippen molar-refractivity contribution < 1.29 is 155 Å². The van der Waals surface area contributed by atoms with Crippen molar-refractivity contribution in [1.82, 2.24) is 35.1 Å². The highest BCUT2D eigenvalue weighted by Gasteiger charge is 2.47. The van der Waals surface area contributed by atoms with Crippen LogP contribution in [0.1, 0.15) is 252 Å². The molecule has 0 spiro atoms.